The van der Waals surface area contributed by atoms with Gasteiger partial charge >= 0.3 is 0 Å². The maximum absolute atomic E-state index is 12.4. The Bertz CT molecular complexity index is 545. The molecule has 1 aromatic carbocycles. The Morgan fingerprint density at radius 3 is 2.75 bits per heavy atom. The van der Waals surface area contributed by atoms with Gasteiger partial charge in [-0.1, -0.05) is 31.9 Å². The van der Waals surface area contributed by atoms with Crippen LogP contribution in [-0.4, -0.2) is 50.0 Å². The molecule has 1 aromatic rings. The lowest BCUT2D eigenvalue weighted by Gasteiger charge is -2.27. The maximum Gasteiger partial charge on any atom is 0.234 e. The largest absolute Gasteiger partial charge is 0.497 e. The quantitative estimate of drug-likeness (QED) is 0.756. The highest BCUT2D eigenvalue weighted by Crippen LogP contribution is 2.22. The molecule has 1 atom stereocenters. The first-order valence-electron chi connectivity index (χ1n) is 8.54. The third-order valence-electron chi connectivity index (χ3n) is 4.18. The molecule has 2 N–H and O–H groups in total. The summed E-state index contributed by atoms with van der Waals surface area (Å²) in [7, 11) is 1.64. The Morgan fingerprint density at radius 2 is 2.12 bits per heavy atom. The average molecular weight is 333 g/mol. The van der Waals surface area contributed by atoms with Crippen molar-refractivity contribution in [1.82, 2.24) is 15.5 Å². The molecule has 0 aromatic heterocycles. The summed E-state index contributed by atoms with van der Waals surface area (Å²) >= 11 is 0. The zero-order valence-corrected chi connectivity index (χ0v) is 14.5. The number of hydrogen-bond donors (Lipinski definition) is 2. The smallest absolute Gasteiger partial charge is 0.234 e. The van der Waals surface area contributed by atoms with Crippen molar-refractivity contribution in [3.8, 4) is 5.75 Å². The molecule has 24 heavy (non-hydrogen) atoms. The summed E-state index contributed by atoms with van der Waals surface area (Å²) in [5, 5.41) is 5.88. The molecule has 6 nitrogen and oxygen atoms in total. The summed E-state index contributed by atoms with van der Waals surface area (Å²) in [5.41, 5.74) is 1.08. The van der Waals surface area contributed by atoms with Crippen LogP contribution in [0.25, 0.3) is 0 Å². The van der Waals surface area contributed by atoms with E-state index in [1.807, 2.05) is 29.2 Å². The first-order valence-corrected chi connectivity index (χ1v) is 8.54. The summed E-state index contributed by atoms with van der Waals surface area (Å²) in [6, 6.07) is 7.80. The van der Waals surface area contributed by atoms with Crippen molar-refractivity contribution in [3.63, 3.8) is 0 Å². The van der Waals surface area contributed by atoms with Crippen molar-refractivity contribution in [3.05, 3.63) is 29.8 Å². The molecule has 1 fully saturated rings. The second-order valence-electron chi connectivity index (χ2n) is 6.10. The molecule has 0 saturated carbocycles. The molecular weight excluding hydrogens is 306 g/mol. The van der Waals surface area contributed by atoms with Crippen LogP contribution in [0.5, 0.6) is 5.75 Å². The molecule has 0 radical (unpaired) electrons. The summed E-state index contributed by atoms with van der Waals surface area (Å²) in [6.45, 7) is 3.99. The molecule has 132 valence electrons. The van der Waals surface area contributed by atoms with Crippen molar-refractivity contribution in [1.29, 1.82) is 0 Å². The number of hydrogen-bond acceptors (Lipinski definition) is 4. The van der Waals surface area contributed by atoms with Crippen LogP contribution >= 0.6 is 0 Å². The normalized spacial score (nSPS) is 16.3. The molecule has 0 bridgehead atoms. The van der Waals surface area contributed by atoms with E-state index in [0.29, 0.717) is 13.1 Å². The zero-order valence-electron chi connectivity index (χ0n) is 14.5. The molecule has 0 aliphatic carbocycles. The molecule has 2 rings (SSSR count). The van der Waals surface area contributed by atoms with Gasteiger partial charge in [-0.2, -0.15) is 0 Å². The van der Waals surface area contributed by atoms with Gasteiger partial charge in [0.15, 0.2) is 0 Å². The number of amides is 2. The SMILES string of the molecule is CCCCC(NC(=O)CN1CCNC(=O)C1)c1ccc(OC)cc1. The first kappa shape index (κ1) is 18.3. The van der Waals surface area contributed by atoms with Gasteiger partial charge in [0, 0.05) is 13.1 Å². The molecule has 1 aliphatic rings. The molecule has 1 aliphatic heterocycles. The van der Waals surface area contributed by atoms with Gasteiger partial charge in [-0.15, -0.1) is 0 Å². The van der Waals surface area contributed by atoms with Crippen LogP contribution in [0.2, 0.25) is 0 Å². The Labute approximate surface area is 143 Å². The van der Waals surface area contributed by atoms with Crippen molar-refractivity contribution < 1.29 is 14.3 Å². The molecule has 0 spiro atoms. The van der Waals surface area contributed by atoms with Crippen molar-refractivity contribution in [2.45, 2.75) is 32.2 Å². The topological polar surface area (TPSA) is 70.7 Å². The Hall–Kier alpha value is -2.08. The first-order chi connectivity index (χ1) is 11.6. The van der Waals surface area contributed by atoms with E-state index >= 15 is 0 Å². The minimum atomic E-state index is -0.0402. The van der Waals surface area contributed by atoms with Gasteiger partial charge in [-0.25, -0.2) is 0 Å². The van der Waals surface area contributed by atoms with Crippen LogP contribution in [0.15, 0.2) is 24.3 Å². The third kappa shape index (κ3) is 5.53. The van der Waals surface area contributed by atoms with E-state index in [4.69, 9.17) is 4.74 Å². The van der Waals surface area contributed by atoms with Gasteiger partial charge in [0.1, 0.15) is 5.75 Å². The summed E-state index contributed by atoms with van der Waals surface area (Å²) in [5.74, 6) is 0.743. The number of unbranched alkanes of at least 4 members (excludes halogenated alkanes) is 1. The molecule has 2 amide bonds. The van der Waals surface area contributed by atoms with E-state index in [1.165, 1.54) is 0 Å². The number of benzene rings is 1. The molecule has 1 unspecified atom stereocenters. The minimum absolute atomic E-state index is 0.0121. The number of carbonyl (C=O) groups is 2. The van der Waals surface area contributed by atoms with E-state index in [-0.39, 0.29) is 30.9 Å². The number of nitrogens with zero attached hydrogens (tertiary/aromatic N) is 1. The number of ether oxygens (including phenoxy) is 1. The van der Waals surface area contributed by atoms with E-state index in [9.17, 15) is 9.59 Å². The van der Waals surface area contributed by atoms with Crippen molar-refractivity contribution >= 4 is 11.8 Å². The lowest BCUT2D eigenvalue weighted by molar-refractivity contribution is -0.127. The van der Waals surface area contributed by atoms with Crippen molar-refractivity contribution in [2.24, 2.45) is 0 Å². The Kier molecular flexibility index (Phi) is 7.06. The van der Waals surface area contributed by atoms with Crippen LogP contribution in [0, 0.1) is 0 Å². The predicted molar refractivity (Wildman–Crippen MR) is 92.9 cm³/mol. The summed E-state index contributed by atoms with van der Waals surface area (Å²) in [4.78, 5) is 25.7. The molecule has 1 heterocycles. The number of nitrogens with one attached hydrogen (secondary N) is 2. The van der Waals surface area contributed by atoms with E-state index < -0.39 is 0 Å². The second kappa shape index (κ2) is 9.27. The van der Waals surface area contributed by atoms with E-state index in [1.54, 1.807) is 7.11 Å². The fourth-order valence-electron chi connectivity index (χ4n) is 2.84. The monoisotopic (exact) mass is 333 g/mol. The summed E-state index contributed by atoms with van der Waals surface area (Å²) in [6.07, 6.45) is 3.02. The standard InChI is InChI=1S/C18H27N3O3/c1-3-4-5-16(14-6-8-15(24-2)9-7-14)20-18(23)13-21-11-10-19-17(22)12-21/h6-9,16H,3-5,10-13H2,1-2H3,(H,19,22)(H,20,23). The molecule has 6 heteroatoms. The highest BCUT2D eigenvalue weighted by molar-refractivity contribution is 5.82. The number of piperazine rings is 1. The number of methoxy groups -OCH3 is 1. The van der Waals surface area contributed by atoms with Gasteiger partial charge in [-0.3, -0.25) is 14.5 Å². The zero-order chi connectivity index (χ0) is 17.4. The van der Waals surface area contributed by atoms with E-state index in [0.717, 1.165) is 30.6 Å². The maximum atomic E-state index is 12.4. The fourth-order valence-corrected chi connectivity index (χ4v) is 2.84. The highest BCUT2D eigenvalue weighted by Gasteiger charge is 2.20. The Balaban J connectivity index is 1.96. The van der Waals surface area contributed by atoms with E-state index in [2.05, 4.69) is 17.6 Å². The average Bonchev–Trinajstić information content (AvgIpc) is 2.58. The van der Waals surface area contributed by atoms with Crippen molar-refractivity contribution in [2.75, 3.05) is 33.3 Å². The van der Waals surface area contributed by atoms with Crippen LogP contribution in [0.4, 0.5) is 0 Å². The van der Waals surface area contributed by atoms with Crippen LogP contribution in [-0.2, 0) is 9.59 Å². The number of carbonyl (C=O) groups excluding carboxylic acids is 2. The van der Waals surface area contributed by atoms with Gasteiger partial charge in [0.2, 0.25) is 11.8 Å². The molecule has 1 saturated heterocycles. The van der Waals surface area contributed by atoms with Gasteiger partial charge in [0.05, 0.1) is 26.2 Å². The van der Waals surface area contributed by atoms with Gasteiger partial charge < -0.3 is 15.4 Å². The minimum Gasteiger partial charge on any atom is -0.497 e. The van der Waals surface area contributed by atoms with Gasteiger partial charge in [-0.05, 0) is 24.1 Å². The molecular formula is C18H27N3O3. The van der Waals surface area contributed by atoms with Crippen LogP contribution in [0.3, 0.4) is 0 Å². The van der Waals surface area contributed by atoms with Crippen LogP contribution < -0.4 is 15.4 Å². The van der Waals surface area contributed by atoms with Gasteiger partial charge in [0.25, 0.3) is 0 Å². The second-order valence-corrected chi connectivity index (χ2v) is 6.10. The lowest BCUT2D eigenvalue weighted by atomic mass is 10.0. The van der Waals surface area contributed by atoms with Crippen LogP contribution in [0.1, 0.15) is 37.8 Å². The number of rotatable bonds is 8. The summed E-state index contributed by atoms with van der Waals surface area (Å²) < 4.78 is 5.19. The fraction of sp³-hybridized carbons (Fsp3) is 0.556. The Morgan fingerprint density at radius 1 is 1.38 bits per heavy atom. The lowest BCUT2D eigenvalue weighted by Crippen LogP contribution is -2.50. The predicted octanol–water partition coefficient (Wildman–Crippen LogP) is 1.47. The highest BCUT2D eigenvalue weighted by atomic mass is 16.5. The third-order valence-corrected chi connectivity index (χ3v) is 4.18.